The van der Waals surface area contributed by atoms with Crippen molar-refractivity contribution in [2.45, 2.75) is 12.8 Å². The van der Waals surface area contributed by atoms with Crippen LogP contribution in [0.3, 0.4) is 0 Å². The summed E-state index contributed by atoms with van der Waals surface area (Å²) in [7, 11) is 0. The Morgan fingerprint density at radius 1 is 1.45 bits per heavy atom. The number of rotatable bonds is 5. The summed E-state index contributed by atoms with van der Waals surface area (Å²) in [6, 6.07) is 4.52. The highest BCUT2D eigenvalue weighted by Gasteiger charge is 2.28. The van der Waals surface area contributed by atoms with Crippen LogP contribution in [0, 0.1) is 16.0 Å². The first-order valence-electron chi connectivity index (χ1n) is 6.62. The van der Waals surface area contributed by atoms with Crippen molar-refractivity contribution in [3.8, 4) is 0 Å². The molecule has 1 aliphatic carbocycles. The Hall–Kier alpha value is -2.31. The average molecular weight is 277 g/mol. The van der Waals surface area contributed by atoms with Gasteiger partial charge in [-0.1, -0.05) is 0 Å². The van der Waals surface area contributed by atoms with Crippen LogP contribution in [-0.2, 0) is 4.74 Å². The molecule has 2 aliphatic rings. The fourth-order valence-electron chi connectivity index (χ4n) is 2.19. The first kappa shape index (κ1) is 12.7. The van der Waals surface area contributed by atoms with Crippen molar-refractivity contribution in [1.82, 2.24) is 0 Å². The van der Waals surface area contributed by atoms with E-state index in [1.165, 1.54) is 29.9 Å². The molecule has 7 nitrogen and oxygen atoms in total. The molecule has 1 amide bonds. The van der Waals surface area contributed by atoms with E-state index in [4.69, 9.17) is 4.74 Å². The lowest BCUT2D eigenvalue weighted by Crippen LogP contribution is -2.24. The van der Waals surface area contributed by atoms with Gasteiger partial charge < -0.3 is 10.1 Å². The number of nitrogens with one attached hydrogen (secondary N) is 1. The molecule has 2 fully saturated rings. The third-order valence-corrected chi connectivity index (χ3v) is 3.52. The van der Waals surface area contributed by atoms with Crippen molar-refractivity contribution in [2.75, 3.05) is 29.9 Å². The van der Waals surface area contributed by atoms with Crippen LogP contribution in [0.15, 0.2) is 18.2 Å². The Labute approximate surface area is 115 Å². The maximum Gasteiger partial charge on any atom is 0.414 e. The second-order valence-electron chi connectivity index (χ2n) is 5.05. The second-order valence-corrected chi connectivity index (χ2v) is 5.05. The van der Waals surface area contributed by atoms with E-state index >= 15 is 0 Å². The lowest BCUT2D eigenvalue weighted by atomic mass is 10.2. The van der Waals surface area contributed by atoms with Crippen LogP contribution in [-0.4, -0.2) is 30.7 Å². The minimum absolute atomic E-state index is 0.0309. The van der Waals surface area contributed by atoms with Crippen LogP contribution in [0.1, 0.15) is 12.8 Å². The smallest absolute Gasteiger partial charge is 0.414 e. The molecule has 20 heavy (non-hydrogen) atoms. The van der Waals surface area contributed by atoms with Crippen LogP contribution in [0.25, 0.3) is 0 Å². The number of cyclic esters (lactones) is 1. The molecule has 7 heteroatoms. The second kappa shape index (κ2) is 4.99. The fourth-order valence-corrected chi connectivity index (χ4v) is 2.19. The van der Waals surface area contributed by atoms with Gasteiger partial charge in [0.15, 0.2) is 0 Å². The molecular formula is C13H15N3O4. The number of hydrogen-bond acceptors (Lipinski definition) is 5. The molecule has 3 rings (SSSR count). The van der Waals surface area contributed by atoms with E-state index < -0.39 is 11.0 Å². The van der Waals surface area contributed by atoms with Crippen molar-refractivity contribution >= 4 is 23.2 Å². The summed E-state index contributed by atoms with van der Waals surface area (Å²) in [5.74, 6) is 0.670. The SMILES string of the molecule is O=C1OCCN1c1cc([N+](=O)[O-])ccc1NCC1CC1. The van der Waals surface area contributed by atoms with Gasteiger partial charge in [-0.25, -0.2) is 4.79 Å². The van der Waals surface area contributed by atoms with Gasteiger partial charge >= 0.3 is 6.09 Å². The van der Waals surface area contributed by atoms with Gasteiger partial charge in [-0.05, 0) is 24.8 Å². The van der Waals surface area contributed by atoms with Crippen LogP contribution in [0.5, 0.6) is 0 Å². The van der Waals surface area contributed by atoms with Crippen molar-refractivity contribution in [3.05, 3.63) is 28.3 Å². The number of anilines is 2. The number of nitro groups is 1. The number of carbonyl (C=O) groups excluding carboxylic acids is 1. The lowest BCUT2D eigenvalue weighted by molar-refractivity contribution is -0.384. The summed E-state index contributed by atoms with van der Waals surface area (Å²) >= 11 is 0. The number of amides is 1. The number of ether oxygens (including phenoxy) is 1. The summed E-state index contributed by atoms with van der Waals surface area (Å²) in [6.45, 7) is 1.55. The number of nitro benzene ring substituents is 1. The molecule has 0 radical (unpaired) electrons. The highest BCUT2D eigenvalue weighted by Crippen LogP contribution is 2.34. The first-order chi connectivity index (χ1) is 9.65. The number of hydrogen-bond donors (Lipinski definition) is 1. The number of benzene rings is 1. The molecule has 0 bridgehead atoms. The van der Waals surface area contributed by atoms with Crippen LogP contribution in [0.4, 0.5) is 21.9 Å². The van der Waals surface area contributed by atoms with Crippen molar-refractivity contribution in [1.29, 1.82) is 0 Å². The van der Waals surface area contributed by atoms with Gasteiger partial charge in [0.25, 0.3) is 5.69 Å². The highest BCUT2D eigenvalue weighted by molar-refractivity contribution is 5.94. The van der Waals surface area contributed by atoms with Gasteiger partial charge in [0, 0.05) is 18.7 Å². The number of non-ortho nitro benzene ring substituents is 1. The fraction of sp³-hybridized carbons (Fsp3) is 0.462. The van der Waals surface area contributed by atoms with Gasteiger partial charge in [0.05, 0.1) is 22.8 Å². The normalized spacial score (nSPS) is 18.0. The van der Waals surface area contributed by atoms with Gasteiger partial charge in [-0.15, -0.1) is 0 Å². The summed E-state index contributed by atoms with van der Waals surface area (Å²) < 4.78 is 4.90. The van der Waals surface area contributed by atoms with Gasteiger partial charge in [0.1, 0.15) is 6.61 Å². The predicted molar refractivity (Wildman–Crippen MR) is 73.0 cm³/mol. The molecule has 1 aromatic rings. The Bertz CT molecular complexity index is 557. The third kappa shape index (κ3) is 2.52. The summed E-state index contributed by atoms with van der Waals surface area (Å²) in [5.41, 5.74) is 1.22. The molecule has 0 atom stereocenters. The zero-order valence-electron chi connectivity index (χ0n) is 10.9. The van der Waals surface area contributed by atoms with E-state index in [9.17, 15) is 14.9 Å². The van der Waals surface area contributed by atoms with E-state index in [1.807, 2.05) is 0 Å². The molecule has 1 saturated carbocycles. The van der Waals surface area contributed by atoms with Crippen LogP contribution < -0.4 is 10.2 Å². The van der Waals surface area contributed by atoms with E-state index in [0.717, 1.165) is 12.2 Å². The molecule has 0 unspecified atom stereocenters. The molecule has 0 spiro atoms. The summed E-state index contributed by atoms with van der Waals surface area (Å²) in [5, 5.41) is 14.2. The standard InChI is InChI=1S/C13H15N3O4/c17-13-15(5-6-20-13)12-7-10(16(18)19)3-4-11(12)14-8-9-1-2-9/h3-4,7,9,14H,1-2,5-6,8H2. The molecule has 1 heterocycles. The van der Waals surface area contributed by atoms with Crippen molar-refractivity contribution in [2.24, 2.45) is 5.92 Å². The van der Waals surface area contributed by atoms with Crippen LogP contribution in [0.2, 0.25) is 0 Å². The zero-order chi connectivity index (χ0) is 14.1. The third-order valence-electron chi connectivity index (χ3n) is 3.52. The monoisotopic (exact) mass is 277 g/mol. The Morgan fingerprint density at radius 3 is 2.85 bits per heavy atom. The number of carbonyl (C=O) groups is 1. The van der Waals surface area contributed by atoms with Crippen molar-refractivity contribution < 1.29 is 14.5 Å². The molecule has 1 aliphatic heterocycles. The maximum absolute atomic E-state index is 11.7. The first-order valence-corrected chi connectivity index (χ1v) is 6.62. The summed E-state index contributed by atoms with van der Waals surface area (Å²) in [6.07, 6.45) is 1.96. The Kier molecular flexibility index (Phi) is 3.17. The molecular weight excluding hydrogens is 262 g/mol. The highest BCUT2D eigenvalue weighted by atomic mass is 16.6. The van der Waals surface area contributed by atoms with Crippen LogP contribution >= 0.6 is 0 Å². The van der Waals surface area contributed by atoms with Gasteiger partial charge in [-0.3, -0.25) is 15.0 Å². The minimum Gasteiger partial charge on any atom is -0.447 e. The van der Waals surface area contributed by atoms with Crippen molar-refractivity contribution in [3.63, 3.8) is 0 Å². The summed E-state index contributed by atoms with van der Waals surface area (Å²) in [4.78, 5) is 23.5. The minimum atomic E-state index is -0.463. The average Bonchev–Trinajstić information content (AvgIpc) is 3.17. The molecule has 0 aromatic heterocycles. The van der Waals surface area contributed by atoms with Gasteiger partial charge in [-0.2, -0.15) is 0 Å². The molecule has 1 N–H and O–H groups in total. The van der Waals surface area contributed by atoms with E-state index in [-0.39, 0.29) is 5.69 Å². The van der Waals surface area contributed by atoms with E-state index in [1.54, 1.807) is 6.07 Å². The molecule has 1 aromatic carbocycles. The van der Waals surface area contributed by atoms with E-state index in [2.05, 4.69) is 5.32 Å². The molecule has 1 saturated heterocycles. The van der Waals surface area contributed by atoms with Gasteiger partial charge in [0.2, 0.25) is 0 Å². The van der Waals surface area contributed by atoms with E-state index in [0.29, 0.717) is 24.8 Å². The lowest BCUT2D eigenvalue weighted by Gasteiger charge is -2.18. The Balaban J connectivity index is 1.90. The quantitative estimate of drug-likeness (QED) is 0.659. The largest absolute Gasteiger partial charge is 0.447 e. The zero-order valence-corrected chi connectivity index (χ0v) is 10.9. The predicted octanol–water partition coefficient (Wildman–Crippen LogP) is 2.37. The maximum atomic E-state index is 11.7. The topological polar surface area (TPSA) is 84.7 Å². The Morgan fingerprint density at radius 2 is 2.25 bits per heavy atom. The molecule has 106 valence electrons. The number of nitrogens with zero attached hydrogens (tertiary/aromatic N) is 2.